The average Bonchev–Trinajstić information content (AvgIpc) is 2.77. The van der Waals surface area contributed by atoms with Crippen LogP contribution in [0.25, 0.3) is 10.9 Å². The molecule has 0 spiro atoms. The van der Waals surface area contributed by atoms with Crippen LogP contribution in [-0.4, -0.2) is 35.8 Å². The van der Waals surface area contributed by atoms with Crippen molar-refractivity contribution in [1.29, 1.82) is 0 Å². The Labute approximate surface area is 114 Å². The Bertz CT molecular complexity index is 553. The smallest absolute Gasteiger partial charge is 0.0594 e. The van der Waals surface area contributed by atoms with Gasteiger partial charge in [-0.1, -0.05) is 18.2 Å². The third-order valence-corrected chi connectivity index (χ3v) is 3.83. The van der Waals surface area contributed by atoms with Gasteiger partial charge < -0.3 is 9.30 Å². The van der Waals surface area contributed by atoms with Gasteiger partial charge in [0.05, 0.1) is 13.2 Å². The molecule has 2 aromatic rings. The normalized spacial score (nSPS) is 17.4. The molecular weight excluding hydrogens is 236 g/mol. The summed E-state index contributed by atoms with van der Waals surface area (Å²) in [6, 6.07) is 11.5. The standard InChI is InChI=1S/C16H22N2O/c1-13(2)18-15(12-17-7-9-19-10-8-17)11-14-5-3-4-6-16(14)18/h3-6,11,13H,7-10,12H2,1-2H3. The fourth-order valence-corrected chi connectivity index (χ4v) is 2.95. The number of rotatable bonds is 3. The van der Waals surface area contributed by atoms with Crippen molar-refractivity contribution < 1.29 is 4.74 Å². The quantitative estimate of drug-likeness (QED) is 0.842. The van der Waals surface area contributed by atoms with Crippen molar-refractivity contribution in [2.75, 3.05) is 26.3 Å². The maximum atomic E-state index is 5.43. The molecule has 0 radical (unpaired) electrons. The number of benzene rings is 1. The number of fused-ring (bicyclic) bond motifs is 1. The van der Waals surface area contributed by atoms with Crippen LogP contribution in [0.1, 0.15) is 25.6 Å². The summed E-state index contributed by atoms with van der Waals surface area (Å²) in [6.45, 7) is 9.35. The lowest BCUT2D eigenvalue weighted by molar-refractivity contribution is 0.0331. The Morgan fingerprint density at radius 3 is 2.63 bits per heavy atom. The molecule has 0 N–H and O–H groups in total. The number of nitrogens with zero attached hydrogens (tertiary/aromatic N) is 2. The van der Waals surface area contributed by atoms with Crippen LogP contribution in [0.15, 0.2) is 30.3 Å². The van der Waals surface area contributed by atoms with Crippen LogP contribution in [0.5, 0.6) is 0 Å². The average molecular weight is 258 g/mol. The molecule has 1 aliphatic heterocycles. The number of para-hydroxylation sites is 1. The van der Waals surface area contributed by atoms with E-state index in [4.69, 9.17) is 4.74 Å². The molecule has 1 aliphatic rings. The summed E-state index contributed by atoms with van der Waals surface area (Å²) in [6.07, 6.45) is 0. The molecule has 0 atom stereocenters. The predicted molar refractivity (Wildman–Crippen MR) is 78.4 cm³/mol. The van der Waals surface area contributed by atoms with Gasteiger partial charge in [0.25, 0.3) is 0 Å². The predicted octanol–water partition coefficient (Wildman–Crippen LogP) is 3.05. The first-order valence-corrected chi connectivity index (χ1v) is 7.14. The number of hydrogen-bond acceptors (Lipinski definition) is 2. The molecule has 3 heteroatoms. The molecule has 19 heavy (non-hydrogen) atoms. The van der Waals surface area contributed by atoms with Gasteiger partial charge in [0.15, 0.2) is 0 Å². The second-order valence-corrected chi connectivity index (χ2v) is 5.55. The van der Waals surface area contributed by atoms with E-state index in [1.807, 2.05) is 0 Å². The number of ether oxygens (including phenoxy) is 1. The Kier molecular flexibility index (Phi) is 3.58. The van der Waals surface area contributed by atoms with E-state index >= 15 is 0 Å². The van der Waals surface area contributed by atoms with E-state index in [0.29, 0.717) is 6.04 Å². The summed E-state index contributed by atoms with van der Waals surface area (Å²) < 4.78 is 7.89. The summed E-state index contributed by atoms with van der Waals surface area (Å²) in [5.41, 5.74) is 2.76. The molecule has 0 amide bonds. The molecule has 0 saturated carbocycles. The van der Waals surface area contributed by atoms with E-state index in [1.165, 1.54) is 16.6 Å². The Morgan fingerprint density at radius 1 is 1.16 bits per heavy atom. The molecule has 1 aromatic carbocycles. The van der Waals surface area contributed by atoms with Crippen LogP contribution in [0.2, 0.25) is 0 Å². The molecule has 102 valence electrons. The number of morpholine rings is 1. The van der Waals surface area contributed by atoms with Gasteiger partial charge in [-0.3, -0.25) is 4.90 Å². The van der Waals surface area contributed by atoms with Gasteiger partial charge in [-0.25, -0.2) is 0 Å². The maximum Gasteiger partial charge on any atom is 0.0594 e. The first kappa shape index (κ1) is 12.7. The van der Waals surface area contributed by atoms with Crippen molar-refractivity contribution >= 4 is 10.9 Å². The van der Waals surface area contributed by atoms with Crippen LogP contribution in [0, 0.1) is 0 Å². The van der Waals surface area contributed by atoms with Crippen molar-refractivity contribution in [3.63, 3.8) is 0 Å². The maximum absolute atomic E-state index is 5.43. The van der Waals surface area contributed by atoms with Gasteiger partial charge in [0.1, 0.15) is 0 Å². The minimum atomic E-state index is 0.496. The summed E-state index contributed by atoms with van der Waals surface area (Å²) >= 11 is 0. The van der Waals surface area contributed by atoms with Crippen LogP contribution in [0.3, 0.4) is 0 Å². The minimum Gasteiger partial charge on any atom is -0.379 e. The third-order valence-electron chi connectivity index (χ3n) is 3.83. The highest BCUT2D eigenvalue weighted by Gasteiger charge is 2.16. The molecule has 3 nitrogen and oxygen atoms in total. The third kappa shape index (κ3) is 2.53. The van der Waals surface area contributed by atoms with Gasteiger partial charge in [0.2, 0.25) is 0 Å². The fourth-order valence-electron chi connectivity index (χ4n) is 2.95. The van der Waals surface area contributed by atoms with Crippen molar-refractivity contribution in [2.45, 2.75) is 26.4 Å². The largest absolute Gasteiger partial charge is 0.379 e. The van der Waals surface area contributed by atoms with E-state index in [2.05, 4.69) is 53.6 Å². The first-order chi connectivity index (χ1) is 9.25. The van der Waals surface area contributed by atoms with E-state index in [9.17, 15) is 0 Å². The Balaban J connectivity index is 1.95. The highest BCUT2D eigenvalue weighted by Crippen LogP contribution is 2.25. The molecule has 1 saturated heterocycles. The highest BCUT2D eigenvalue weighted by atomic mass is 16.5. The molecule has 1 fully saturated rings. The summed E-state index contributed by atoms with van der Waals surface area (Å²) in [5.74, 6) is 0. The SMILES string of the molecule is CC(C)n1c(CN2CCOCC2)cc2ccccc21. The molecule has 0 bridgehead atoms. The van der Waals surface area contributed by atoms with Crippen molar-refractivity contribution in [2.24, 2.45) is 0 Å². The summed E-state index contributed by atoms with van der Waals surface area (Å²) in [7, 11) is 0. The van der Waals surface area contributed by atoms with Crippen LogP contribution >= 0.6 is 0 Å². The molecule has 3 rings (SSSR count). The zero-order valence-electron chi connectivity index (χ0n) is 11.8. The molecule has 0 unspecified atom stereocenters. The molecular formula is C16H22N2O. The Morgan fingerprint density at radius 2 is 1.89 bits per heavy atom. The van der Waals surface area contributed by atoms with E-state index in [-0.39, 0.29) is 0 Å². The van der Waals surface area contributed by atoms with E-state index < -0.39 is 0 Å². The fraction of sp³-hybridized carbons (Fsp3) is 0.500. The molecule has 1 aromatic heterocycles. The minimum absolute atomic E-state index is 0.496. The lowest BCUT2D eigenvalue weighted by atomic mass is 10.2. The Hall–Kier alpha value is -1.32. The van der Waals surface area contributed by atoms with Gasteiger partial charge in [-0.05, 0) is 31.4 Å². The molecule has 0 aliphatic carbocycles. The zero-order valence-corrected chi connectivity index (χ0v) is 11.8. The lowest BCUT2D eigenvalue weighted by Gasteiger charge is -2.27. The first-order valence-electron chi connectivity index (χ1n) is 7.14. The second-order valence-electron chi connectivity index (χ2n) is 5.55. The second kappa shape index (κ2) is 5.35. The van der Waals surface area contributed by atoms with Crippen LogP contribution in [0.4, 0.5) is 0 Å². The van der Waals surface area contributed by atoms with E-state index in [1.54, 1.807) is 0 Å². The van der Waals surface area contributed by atoms with Gasteiger partial charge >= 0.3 is 0 Å². The van der Waals surface area contributed by atoms with Crippen LogP contribution < -0.4 is 0 Å². The summed E-state index contributed by atoms with van der Waals surface area (Å²) in [5, 5.41) is 1.35. The summed E-state index contributed by atoms with van der Waals surface area (Å²) in [4.78, 5) is 2.48. The van der Waals surface area contributed by atoms with Crippen molar-refractivity contribution in [3.05, 3.63) is 36.0 Å². The van der Waals surface area contributed by atoms with Gasteiger partial charge in [0, 0.05) is 36.9 Å². The van der Waals surface area contributed by atoms with E-state index in [0.717, 1.165) is 32.8 Å². The topological polar surface area (TPSA) is 17.4 Å². The van der Waals surface area contributed by atoms with Gasteiger partial charge in [-0.15, -0.1) is 0 Å². The highest BCUT2D eigenvalue weighted by molar-refractivity contribution is 5.81. The number of aromatic nitrogens is 1. The zero-order chi connectivity index (χ0) is 13.2. The lowest BCUT2D eigenvalue weighted by Crippen LogP contribution is -2.36. The van der Waals surface area contributed by atoms with Gasteiger partial charge in [-0.2, -0.15) is 0 Å². The molecule has 2 heterocycles. The van der Waals surface area contributed by atoms with Crippen molar-refractivity contribution in [3.8, 4) is 0 Å². The van der Waals surface area contributed by atoms with Crippen LogP contribution in [-0.2, 0) is 11.3 Å². The monoisotopic (exact) mass is 258 g/mol. The number of hydrogen-bond donors (Lipinski definition) is 0. The van der Waals surface area contributed by atoms with Crippen molar-refractivity contribution in [1.82, 2.24) is 9.47 Å².